The van der Waals surface area contributed by atoms with Gasteiger partial charge in [-0.2, -0.15) is 0 Å². The number of aromatic nitrogens is 1. The van der Waals surface area contributed by atoms with E-state index in [9.17, 15) is 4.79 Å². The molecule has 4 nitrogen and oxygen atoms in total. The Bertz CT molecular complexity index is 394. The van der Waals surface area contributed by atoms with Gasteiger partial charge in [0.15, 0.2) is 0 Å². The van der Waals surface area contributed by atoms with Gasteiger partial charge >= 0.3 is 5.97 Å². The van der Waals surface area contributed by atoms with Crippen LogP contribution in [0.1, 0.15) is 25.0 Å². The van der Waals surface area contributed by atoms with Gasteiger partial charge in [0, 0.05) is 23.3 Å². The summed E-state index contributed by atoms with van der Waals surface area (Å²) in [7, 11) is 0. The van der Waals surface area contributed by atoms with E-state index in [1.807, 2.05) is 12.1 Å². The minimum absolute atomic E-state index is 0.165. The van der Waals surface area contributed by atoms with Crippen LogP contribution in [0, 0.1) is 0 Å². The summed E-state index contributed by atoms with van der Waals surface area (Å²) >= 11 is 3.35. The molecule has 1 atom stereocenters. The molecule has 1 aliphatic heterocycles. The summed E-state index contributed by atoms with van der Waals surface area (Å²) in [6.45, 7) is 1.71. The number of aliphatic carboxylic acids is 1. The zero-order chi connectivity index (χ0) is 12.3. The summed E-state index contributed by atoms with van der Waals surface area (Å²) < 4.78 is 0.963. The Morgan fingerprint density at radius 2 is 2.41 bits per heavy atom. The third-order valence-electron chi connectivity index (χ3n) is 3.06. The molecule has 1 aromatic heterocycles. The molecule has 0 radical (unpaired) electrons. The number of halogens is 1. The number of hydrogen-bond donors (Lipinski definition) is 1. The quantitative estimate of drug-likeness (QED) is 0.926. The highest BCUT2D eigenvalue weighted by Gasteiger charge is 2.26. The van der Waals surface area contributed by atoms with Crippen LogP contribution in [0.2, 0.25) is 0 Å². The first kappa shape index (κ1) is 12.5. The van der Waals surface area contributed by atoms with E-state index in [-0.39, 0.29) is 12.5 Å². The minimum atomic E-state index is -0.717. The van der Waals surface area contributed by atoms with E-state index in [0.29, 0.717) is 0 Å². The lowest BCUT2D eigenvalue weighted by Gasteiger charge is -2.22. The van der Waals surface area contributed by atoms with Crippen molar-refractivity contribution in [2.24, 2.45) is 0 Å². The summed E-state index contributed by atoms with van der Waals surface area (Å²) in [5.41, 5.74) is 0.991. The molecule has 0 spiro atoms. The van der Waals surface area contributed by atoms with Gasteiger partial charge in [-0.3, -0.25) is 14.7 Å². The Morgan fingerprint density at radius 1 is 1.59 bits per heavy atom. The highest BCUT2D eigenvalue weighted by Crippen LogP contribution is 2.22. The van der Waals surface area contributed by atoms with Gasteiger partial charge in [-0.25, -0.2) is 0 Å². The maximum Gasteiger partial charge on any atom is 0.304 e. The molecule has 17 heavy (non-hydrogen) atoms. The smallest absolute Gasteiger partial charge is 0.304 e. The Kier molecular flexibility index (Phi) is 4.12. The van der Waals surface area contributed by atoms with Crippen LogP contribution in [0.5, 0.6) is 0 Å². The second-order valence-corrected chi connectivity index (χ2v) is 5.25. The molecule has 0 amide bonds. The van der Waals surface area contributed by atoms with Crippen LogP contribution in [0.25, 0.3) is 0 Å². The van der Waals surface area contributed by atoms with Crippen molar-refractivity contribution in [3.05, 3.63) is 28.5 Å². The fraction of sp³-hybridized carbons (Fsp3) is 0.500. The molecular weight excluding hydrogens is 284 g/mol. The van der Waals surface area contributed by atoms with Crippen molar-refractivity contribution in [1.82, 2.24) is 9.88 Å². The largest absolute Gasteiger partial charge is 0.481 e. The van der Waals surface area contributed by atoms with Crippen molar-refractivity contribution < 1.29 is 9.90 Å². The van der Waals surface area contributed by atoms with Crippen LogP contribution >= 0.6 is 15.9 Å². The molecule has 0 aromatic carbocycles. The summed E-state index contributed by atoms with van der Waals surface area (Å²) in [4.78, 5) is 17.3. The van der Waals surface area contributed by atoms with E-state index in [2.05, 4.69) is 25.8 Å². The first-order valence-electron chi connectivity index (χ1n) is 5.71. The number of carboxylic acids is 1. The predicted octanol–water partition coefficient (Wildman–Crippen LogP) is 2.28. The standard InChI is InChI=1S/C12H15BrN2O2/c13-9-3-4-10(14-7-9)8-15-5-1-2-11(15)6-12(16)17/h3-4,7,11H,1-2,5-6,8H2,(H,16,17). The second-order valence-electron chi connectivity index (χ2n) is 4.33. The highest BCUT2D eigenvalue weighted by molar-refractivity contribution is 9.10. The second kappa shape index (κ2) is 5.60. The average Bonchev–Trinajstić information content (AvgIpc) is 2.68. The first-order valence-corrected chi connectivity index (χ1v) is 6.51. The van der Waals surface area contributed by atoms with E-state index in [1.54, 1.807) is 6.20 Å². The molecule has 2 rings (SSSR count). The highest BCUT2D eigenvalue weighted by atomic mass is 79.9. The van der Waals surface area contributed by atoms with Gasteiger partial charge < -0.3 is 5.11 Å². The third-order valence-corrected chi connectivity index (χ3v) is 3.53. The van der Waals surface area contributed by atoms with Gasteiger partial charge in [0.2, 0.25) is 0 Å². The maximum atomic E-state index is 10.7. The Morgan fingerprint density at radius 3 is 3.06 bits per heavy atom. The predicted molar refractivity (Wildman–Crippen MR) is 67.6 cm³/mol. The number of pyridine rings is 1. The maximum absolute atomic E-state index is 10.7. The van der Waals surface area contributed by atoms with E-state index >= 15 is 0 Å². The normalized spacial score (nSPS) is 20.6. The van der Waals surface area contributed by atoms with Crippen LogP contribution in [-0.4, -0.2) is 33.5 Å². The number of hydrogen-bond acceptors (Lipinski definition) is 3. The summed E-state index contributed by atoms with van der Waals surface area (Å²) in [6, 6.07) is 4.10. The van der Waals surface area contributed by atoms with E-state index in [0.717, 1.165) is 36.1 Å². The van der Waals surface area contributed by atoms with Crippen molar-refractivity contribution in [3.63, 3.8) is 0 Å². The van der Waals surface area contributed by atoms with Gasteiger partial charge in [-0.15, -0.1) is 0 Å². The van der Waals surface area contributed by atoms with Gasteiger partial charge in [0.05, 0.1) is 12.1 Å². The topological polar surface area (TPSA) is 53.4 Å². The van der Waals surface area contributed by atoms with E-state index < -0.39 is 5.97 Å². The zero-order valence-electron chi connectivity index (χ0n) is 9.47. The molecule has 1 N–H and O–H groups in total. The van der Waals surface area contributed by atoms with Crippen LogP contribution in [0.3, 0.4) is 0 Å². The zero-order valence-corrected chi connectivity index (χ0v) is 11.1. The molecule has 1 aromatic rings. The minimum Gasteiger partial charge on any atom is -0.481 e. The SMILES string of the molecule is O=C(O)CC1CCCN1Cc1ccc(Br)cn1. The van der Waals surface area contributed by atoms with Gasteiger partial charge in [0.25, 0.3) is 0 Å². The first-order chi connectivity index (χ1) is 8.15. The number of nitrogens with zero attached hydrogens (tertiary/aromatic N) is 2. The fourth-order valence-corrected chi connectivity index (χ4v) is 2.48. The summed E-state index contributed by atoms with van der Waals surface area (Å²) in [5, 5.41) is 8.85. The number of carboxylic acid groups (broad SMARTS) is 1. The summed E-state index contributed by atoms with van der Waals surface area (Å²) in [6.07, 6.45) is 4.06. The third kappa shape index (κ3) is 3.51. The lowest BCUT2D eigenvalue weighted by molar-refractivity contribution is -0.138. The van der Waals surface area contributed by atoms with Crippen LogP contribution in [0.4, 0.5) is 0 Å². The van der Waals surface area contributed by atoms with Crippen LogP contribution < -0.4 is 0 Å². The molecule has 5 heteroatoms. The van der Waals surface area contributed by atoms with E-state index in [1.165, 1.54) is 0 Å². The van der Waals surface area contributed by atoms with Crippen molar-refractivity contribution in [1.29, 1.82) is 0 Å². The van der Waals surface area contributed by atoms with Crippen LogP contribution in [-0.2, 0) is 11.3 Å². The Hall–Kier alpha value is -0.940. The molecule has 1 unspecified atom stereocenters. The molecule has 0 bridgehead atoms. The van der Waals surface area contributed by atoms with Crippen molar-refractivity contribution >= 4 is 21.9 Å². The van der Waals surface area contributed by atoms with Crippen molar-refractivity contribution in [2.75, 3.05) is 6.54 Å². The van der Waals surface area contributed by atoms with Crippen molar-refractivity contribution in [3.8, 4) is 0 Å². The monoisotopic (exact) mass is 298 g/mol. The van der Waals surface area contributed by atoms with Crippen LogP contribution in [0.15, 0.2) is 22.8 Å². The Labute approximate surface area is 109 Å². The van der Waals surface area contributed by atoms with Gasteiger partial charge in [-0.1, -0.05) is 0 Å². The van der Waals surface area contributed by atoms with E-state index in [4.69, 9.17) is 5.11 Å². The number of likely N-dealkylation sites (tertiary alicyclic amines) is 1. The fourth-order valence-electron chi connectivity index (χ4n) is 2.24. The lowest BCUT2D eigenvalue weighted by Crippen LogP contribution is -2.31. The molecule has 0 aliphatic carbocycles. The average molecular weight is 299 g/mol. The Balaban J connectivity index is 1.97. The molecule has 1 fully saturated rings. The van der Waals surface area contributed by atoms with Crippen molar-refractivity contribution in [2.45, 2.75) is 31.8 Å². The van der Waals surface area contributed by atoms with Gasteiger partial charge in [-0.05, 0) is 47.4 Å². The molecule has 1 saturated heterocycles. The molecular formula is C12H15BrN2O2. The molecule has 2 heterocycles. The number of carbonyl (C=O) groups is 1. The molecule has 92 valence electrons. The number of rotatable bonds is 4. The molecule has 1 aliphatic rings. The lowest BCUT2D eigenvalue weighted by atomic mass is 10.1. The molecule has 0 saturated carbocycles. The summed E-state index contributed by atoms with van der Waals surface area (Å²) in [5.74, 6) is -0.717. The van der Waals surface area contributed by atoms with Gasteiger partial charge in [0.1, 0.15) is 0 Å².